The molecule has 198 valence electrons. The van der Waals surface area contributed by atoms with Gasteiger partial charge in [0, 0.05) is 25.3 Å². The van der Waals surface area contributed by atoms with E-state index in [0.29, 0.717) is 23.4 Å². The van der Waals surface area contributed by atoms with Gasteiger partial charge in [0.2, 0.25) is 0 Å². The third kappa shape index (κ3) is 8.23. The average molecular weight is 516 g/mol. The first kappa shape index (κ1) is 28.0. The summed E-state index contributed by atoms with van der Waals surface area (Å²) < 4.78 is 54.5. The number of urea groups is 1. The predicted octanol–water partition coefficient (Wildman–Crippen LogP) is 7.43. The molecule has 2 amide bonds. The number of nitrogens with zero attached hydrogens (tertiary/aromatic N) is 1. The minimum absolute atomic E-state index is 0.0976. The lowest BCUT2D eigenvalue weighted by Gasteiger charge is -2.24. The van der Waals surface area contributed by atoms with Crippen LogP contribution in [0.1, 0.15) is 49.3 Å². The molecule has 0 radical (unpaired) electrons. The van der Waals surface area contributed by atoms with Gasteiger partial charge in [-0.05, 0) is 59.4 Å². The summed E-state index contributed by atoms with van der Waals surface area (Å²) in [5.41, 5.74) is 7.24. The molecule has 8 heteroatoms. The van der Waals surface area contributed by atoms with Crippen molar-refractivity contribution < 1.29 is 22.4 Å². The number of unbranched alkanes of at least 4 members (excludes halogenated alkanes) is 3. The molecule has 4 nitrogen and oxygen atoms in total. The highest BCUT2D eigenvalue weighted by molar-refractivity contribution is 5.74. The van der Waals surface area contributed by atoms with Gasteiger partial charge in [-0.15, -0.1) is 0 Å². The predicted molar refractivity (Wildman–Crippen MR) is 139 cm³/mol. The number of alkyl halides is 3. The molecule has 37 heavy (non-hydrogen) atoms. The number of nitrogens with one attached hydrogen (secondary N) is 1. The molecule has 0 aromatic heterocycles. The summed E-state index contributed by atoms with van der Waals surface area (Å²) >= 11 is 0. The van der Waals surface area contributed by atoms with E-state index in [4.69, 9.17) is 5.73 Å². The van der Waals surface area contributed by atoms with Crippen LogP contribution in [0.2, 0.25) is 0 Å². The number of carbonyl (C=O) groups is 1. The van der Waals surface area contributed by atoms with Gasteiger partial charge in [0.25, 0.3) is 0 Å². The number of benzene rings is 3. The Labute approximate surface area is 215 Å². The smallest absolute Gasteiger partial charge is 0.399 e. The lowest BCUT2D eigenvalue weighted by molar-refractivity contribution is -0.137. The van der Waals surface area contributed by atoms with Crippen molar-refractivity contribution in [3.63, 3.8) is 0 Å². The number of rotatable bonds is 11. The van der Waals surface area contributed by atoms with Gasteiger partial charge < -0.3 is 16.0 Å². The topological polar surface area (TPSA) is 58.4 Å². The lowest BCUT2D eigenvalue weighted by Crippen LogP contribution is -2.41. The van der Waals surface area contributed by atoms with E-state index in [-0.39, 0.29) is 36.9 Å². The fourth-order valence-corrected chi connectivity index (χ4v) is 4.15. The Hall–Kier alpha value is -3.55. The molecule has 0 heterocycles. The molecule has 3 aromatic rings. The Morgan fingerprint density at radius 2 is 1.70 bits per heavy atom. The zero-order valence-electron chi connectivity index (χ0n) is 21.0. The first-order chi connectivity index (χ1) is 17.7. The number of anilines is 1. The van der Waals surface area contributed by atoms with E-state index in [1.54, 1.807) is 41.3 Å². The maximum atomic E-state index is 14.2. The number of hydrogen-bond donors (Lipinski definition) is 2. The van der Waals surface area contributed by atoms with Crippen LogP contribution in [0.4, 0.5) is 28.0 Å². The minimum Gasteiger partial charge on any atom is -0.399 e. The molecule has 0 atom stereocenters. The van der Waals surface area contributed by atoms with Gasteiger partial charge >= 0.3 is 12.2 Å². The van der Waals surface area contributed by atoms with E-state index in [9.17, 15) is 22.4 Å². The fraction of sp³-hybridized carbons (Fsp3) is 0.345. The molecule has 0 unspecified atom stereocenters. The van der Waals surface area contributed by atoms with Crippen LogP contribution in [-0.2, 0) is 19.1 Å². The van der Waals surface area contributed by atoms with E-state index in [2.05, 4.69) is 12.2 Å². The Bertz CT molecular complexity index is 1160. The van der Waals surface area contributed by atoms with Crippen molar-refractivity contribution in [3.8, 4) is 11.1 Å². The molecule has 0 fully saturated rings. The number of halogens is 4. The average Bonchev–Trinajstić information content (AvgIpc) is 2.88. The first-order valence-electron chi connectivity index (χ1n) is 12.5. The monoisotopic (exact) mass is 515 g/mol. The number of nitrogen functional groups attached to an aromatic ring is 1. The van der Waals surface area contributed by atoms with Crippen LogP contribution in [0.5, 0.6) is 0 Å². The van der Waals surface area contributed by atoms with E-state index in [1.165, 1.54) is 24.3 Å². The summed E-state index contributed by atoms with van der Waals surface area (Å²) in [7, 11) is 0. The van der Waals surface area contributed by atoms with E-state index in [1.807, 2.05) is 0 Å². The maximum Gasteiger partial charge on any atom is 0.417 e. The third-order valence-electron chi connectivity index (χ3n) is 6.19. The number of hydrogen-bond acceptors (Lipinski definition) is 2. The molecular formula is C29H33F4N3O. The van der Waals surface area contributed by atoms with E-state index < -0.39 is 11.7 Å². The van der Waals surface area contributed by atoms with Crippen molar-refractivity contribution in [2.75, 3.05) is 18.8 Å². The van der Waals surface area contributed by atoms with Crippen LogP contribution >= 0.6 is 0 Å². The number of carbonyl (C=O) groups excluding carboxylic acids is 1. The first-order valence-corrected chi connectivity index (χ1v) is 12.5. The van der Waals surface area contributed by atoms with Crippen molar-refractivity contribution in [1.82, 2.24) is 10.2 Å². The lowest BCUT2D eigenvalue weighted by atomic mass is 9.98. The van der Waals surface area contributed by atoms with Gasteiger partial charge in [-0.2, -0.15) is 13.2 Å². The van der Waals surface area contributed by atoms with Gasteiger partial charge in [-0.1, -0.05) is 68.7 Å². The van der Waals surface area contributed by atoms with Crippen LogP contribution in [0.3, 0.4) is 0 Å². The Morgan fingerprint density at radius 3 is 2.41 bits per heavy atom. The summed E-state index contributed by atoms with van der Waals surface area (Å²) in [5, 5.41) is 2.93. The molecule has 0 aliphatic heterocycles. The highest BCUT2D eigenvalue weighted by Gasteiger charge is 2.33. The van der Waals surface area contributed by atoms with E-state index in [0.717, 1.165) is 37.3 Å². The molecule has 0 bridgehead atoms. The van der Waals surface area contributed by atoms with Gasteiger partial charge in [-0.3, -0.25) is 0 Å². The normalized spacial score (nSPS) is 11.4. The molecule has 3 N–H and O–H groups in total. The number of amides is 2. The van der Waals surface area contributed by atoms with Gasteiger partial charge in [0.15, 0.2) is 0 Å². The minimum atomic E-state index is -4.46. The van der Waals surface area contributed by atoms with Crippen LogP contribution in [0.25, 0.3) is 11.1 Å². The number of nitrogens with two attached hydrogens (primary N) is 1. The van der Waals surface area contributed by atoms with Crippen LogP contribution in [0.15, 0.2) is 66.7 Å². The fourth-order valence-electron chi connectivity index (χ4n) is 4.15. The summed E-state index contributed by atoms with van der Waals surface area (Å²) in [4.78, 5) is 14.6. The Balaban J connectivity index is 1.75. The third-order valence-corrected chi connectivity index (χ3v) is 6.19. The summed E-state index contributed by atoms with van der Waals surface area (Å²) in [5.74, 6) is -0.387. The molecule has 3 rings (SSSR count). The molecule has 0 aliphatic carbocycles. The SMILES string of the molecule is CCCCCCNC(=O)N(CCc1cc(N)ccc1F)Cc1ccc(-c2ccccc2C(F)(F)F)cc1. The van der Waals surface area contributed by atoms with Gasteiger partial charge in [0.1, 0.15) is 5.82 Å². The van der Waals surface area contributed by atoms with Gasteiger partial charge in [-0.25, -0.2) is 9.18 Å². The molecule has 0 aliphatic rings. The van der Waals surface area contributed by atoms with Crippen LogP contribution in [-0.4, -0.2) is 24.0 Å². The van der Waals surface area contributed by atoms with Crippen LogP contribution < -0.4 is 11.1 Å². The second kappa shape index (κ2) is 13.1. The summed E-state index contributed by atoms with van der Waals surface area (Å²) in [6.07, 6.45) is -0.112. The molecule has 0 saturated heterocycles. The largest absolute Gasteiger partial charge is 0.417 e. The zero-order chi connectivity index (χ0) is 26.8. The Kier molecular flexibility index (Phi) is 9.94. The van der Waals surface area contributed by atoms with Gasteiger partial charge in [0.05, 0.1) is 5.56 Å². The zero-order valence-corrected chi connectivity index (χ0v) is 21.0. The maximum absolute atomic E-state index is 14.2. The molecular weight excluding hydrogens is 482 g/mol. The van der Waals surface area contributed by atoms with Crippen LogP contribution in [0, 0.1) is 5.82 Å². The quantitative estimate of drug-likeness (QED) is 0.159. The highest BCUT2D eigenvalue weighted by Crippen LogP contribution is 2.37. The van der Waals surface area contributed by atoms with Crippen molar-refractivity contribution >= 4 is 11.7 Å². The molecule has 3 aromatic carbocycles. The Morgan fingerprint density at radius 1 is 0.973 bits per heavy atom. The van der Waals surface area contributed by atoms with Crippen molar-refractivity contribution in [2.24, 2.45) is 0 Å². The van der Waals surface area contributed by atoms with E-state index >= 15 is 0 Å². The summed E-state index contributed by atoms with van der Waals surface area (Å²) in [6, 6.07) is 16.2. The standard InChI is InChI=1S/C29H33F4N3O/c1-2-3-4-7-17-35-28(37)36(18-16-23-19-24(34)14-15-27(23)30)20-21-10-12-22(13-11-21)25-8-5-6-9-26(25)29(31,32)33/h5-6,8-15,19H,2-4,7,16-18,20,34H2,1H3,(H,35,37). The van der Waals surface area contributed by atoms with Crippen molar-refractivity contribution in [1.29, 1.82) is 0 Å². The second-order valence-electron chi connectivity index (χ2n) is 9.06. The van der Waals surface area contributed by atoms with Crippen molar-refractivity contribution in [3.05, 3.63) is 89.2 Å². The molecule has 0 saturated carbocycles. The summed E-state index contributed by atoms with van der Waals surface area (Å²) in [6.45, 7) is 3.13. The second-order valence-corrected chi connectivity index (χ2v) is 9.06. The highest BCUT2D eigenvalue weighted by atomic mass is 19.4. The van der Waals surface area contributed by atoms with Crippen molar-refractivity contribution in [2.45, 2.75) is 51.7 Å². The molecule has 0 spiro atoms.